The molecule has 0 aromatic carbocycles. The molecule has 2 aliphatic heterocycles. The summed E-state index contributed by atoms with van der Waals surface area (Å²) in [6.07, 6.45) is 0.230. The maximum atomic E-state index is 10.6. The number of aromatic nitrogens is 4. The Morgan fingerprint density at radius 3 is 2.92 bits per heavy atom. The fraction of sp³-hybridized carbons (Fsp3) is 0.583. The predicted molar refractivity (Wildman–Crippen MR) is 89.5 cm³/mol. The average Bonchev–Trinajstić information content (AvgIpc) is 3.08. The summed E-state index contributed by atoms with van der Waals surface area (Å²) in [5.41, 5.74) is 1.17. The first kappa shape index (κ1) is 16.1. The molecule has 4 atom stereocenters. The van der Waals surface area contributed by atoms with Crippen LogP contribution in [0, 0.1) is 0 Å². The van der Waals surface area contributed by atoms with Gasteiger partial charge in [-0.15, -0.1) is 0 Å². The van der Waals surface area contributed by atoms with E-state index in [4.69, 9.17) is 13.8 Å². The first-order valence-electron chi connectivity index (χ1n) is 7.60. The normalized spacial score (nSPS) is 33.3. The second-order valence-electron chi connectivity index (χ2n) is 6.26. The molecule has 24 heavy (non-hydrogen) atoms. The van der Waals surface area contributed by atoms with E-state index >= 15 is 0 Å². The Morgan fingerprint density at radius 1 is 1.38 bits per heavy atom. The Labute approximate surface area is 139 Å². The molecule has 4 rings (SSSR count). The van der Waals surface area contributed by atoms with E-state index in [1.807, 2.05) is 19.0 Å². The molecule has 2 aromatic rings. The minimum atomic E-state index is -3.21. The zero-order valence-electron chi connectivity index (χ0n) is 13.5. The predicted octanol–water partition coefficient (Wildman–Crippen LogP) is -1.40. The molecule has 0 amide bonds. The Hall–Kier alpha value is -1.36. The number of imidazole rings is 1. The topological polar surface area (TPSA) is 115 Å². The number of ether oxygens (including phenoxy) is 1. The Morgan fingerprint density at radius 2 is 2.17 bits per heavy atom. The molecule has 4 heterocycles. The molecule has 0 radical (unpaired) electrons. The van der Waals surface area contributed by atoms with Gasteiger partial charge in [0.1, 0.15) is 0 Å². The van der Waals surface area contributed by atoms with E-state index in [0.717, 1.165) is 0 Å². The zero-order chi connectivity index (χ0) is 17.1. The summed E-state index contributed by atoms with van der Waals surface area (Å²) < 4.78 is 18.4. The van der Waals surface area contributed by atoms with Gasteiger partial charge in [0, 0.05) is 0 Å². The number of fused-ring (bicyclic) bond motifs is 2. The molecular formula is C12H19BN5O5P. The minimum absolute atomic E-state index is 0.183. The van der Waals surface area contributed by atoms with E-state index in [1.165, 1.54) is 13.9 Å². The van der Waals surface area contributed by atoms with Crippen LogP contribution in [0.15, 0.2) is 12.7 Å². The number of rotatable bonds is 2. The molecule has 1 unspecified atom stereocenters. The van der Waals surface area contributed by atoms with Crippen LogP contribution in [0.5, 0.6) is 0 Å². The third-order valence-corrected chi connectivity index (χ3v) is 5.63. The Bertz CT molecular complexity index is 773. The molecule has 130 valence electrons. The third-order valence-electron chi connectivity index (χ3n) is 4.22. The van der Waals surface area contributed by atoms with Crippen LogP contribution in [0.1, 0.15) is 6.23 Å². The number of anilines is 1. The number of nitrogens with zero attached hydrogens (tertiary/aromatic N) is 5. The van der Waals surface area contributed by atoms with E-state index in [0.29, 0.717) is 17.0 Å². The molecule has 2 N–H and O–H groups in total. The summed E-state index contributed by atoms with van der Waals surface area (Å²) in [6.45, 7) is 0.183. The number of hydrogen-bond acceptors (Lipinski definition) is 9. The monoisotopic (exact) mass is 355 g/mol. The second-order valence-corrected chi connectivity index (χ2v) is 8.58. The molecule has 2 saturated heterocycles. The van der Waals surface area contributed by atoms with Crippen LogP contribution in [0.25, 0.3) is 11.2 Å². The maximum absolute atomic E-state index is 10.6. The van der Waals surface area contributed by atoms with Gasteiger partial charge in [-0.3, -0.25) is 0 Å². The standard InChI is InChI=1S/C12H19BN5O5P/c1-17(2)10-7-11(15-4-14-10)18(5-16-7)12-8(19)9-6(22-12)3-21-24(13,20)23-9/h4-6,8-9,12,19-20,24H,3,13H2,1-2H3/t6-,8?,9+,12-/m1/s1. The Balaban J connectivity index is 1.70. The van der Waals surface area contributed by atoms with Crippen molar-refractivity contribution in [1.29, 1.82) is 0 Å². The van der Waals surface area contributed by atoms with Crippen molar-refractivity contribution >= 4 is 32.4 Å². The van der Waals surface area contributed by atoms with Crippen molar-refractivity contribution < 1.29 is 23.8 Å². The van der Waals surface area contributed by atoms with Crippen molar-refractivity contribution in [1.82, 2.24) is 19.5 Å². The summed E-state index contributed by atoms with van der Waals surface area (Å²) in [5.74, 6) is 0.679. The van der Waals surface area contributed by atoms with Crippen LogP contribution < -0.4 is 4.90 Å². The van der Waals surface area contributed by atoms with Crippen LogP contribution in [-0.2, 0) is 13.8 Å². The van der Waals surface area contributed by atoms with E-state index in [-0.39, 0.29) is 6.61 Å². The molecule has 12 heteroatoms. The summed E-state index contributed by atoms with van der Waals surface area (Å²) >= 11 is 0. The van der Waals surface area contributed by atoms with Crippen molar-refractivity contribution in [3.05, 3.63) is 12.7 Å². The summed E-state index contributed by atoms with van der Waals surface area (Å²) in [5, 5.41) is 10.6. The molecule has 0 saturated carbocycles. The quantitative estimate of drug-likeness (QED) is 0.496. The van der Waals surface area contributed by atoms with Gasteiger partial charge in [0.25, 0.3) is 0 Å². The fourth-order valence-electron chi connectivity index (χ4n) is 3.11. The van der Waals surface area contributed by atoms with E-state index < -0.39 is 32.4 Å². The van der Waals surface area contributed by atoms with Crippen molar-refractivity contribution in [3.8, 4) is 0 Å². The number of aliphatic hydroxyl groups is 1. The Kier molecular flexibility index (Phi) is 3.75. The summed E-state index contributed by atoms with van der Waals surface area (Å²) in [7, 11) is 2.05. The van der Waals surface area contributed by atoms with Crippen LogP contribution in [0.3, 0.4) is 0 Å². The molecule has 2 aliphatic rings. The van der Waals surface area contributed by atoms with Gasteiger partial charge in [0.2, 0.25) is 0 Å². The molecular weight excluding hydrogens is 336 g/mol. The van der Waals surface area contributed by atoms with Crippen LogP contribution >= 0.6 is 7.82 Å². The van der Waals surface area contributed by atoms with Gasteiger partial charge >= 0.3 is 138 Å². The number of aliphatic hydroxyl groups excluding tert-OH is 1. The van der Waals surface area contributed by atoms with Gasteiger partial charge in [-0.2, -0.15) is 0 Å². The third kappa shape index (κ3) is 2.48. The molecule has 0 bridgehead atoms. The van der Waals surface area contributed by atoms with Crippen molar-refractivity contribution in [2.75, 3.05) is 25.6 Å². The zero-order valence-corrected chi connectivity index (χ0v) is 14.5. The summed E-state index contributed by atoms with van der Waals surface area (Å²) in [4.78, 5) is 24.7. The fourth-order valence-corrected chi connectivity index (χ4v) is 4.44. The van der Waals surface area contributed by atoms with Crippen LogP contribution in [0.2, 0.25) is 0 Å². The number of hydrogen-bond donors (Lipinski definition) is 2. The van der Waals surface area contributed by atoms with Crippen molar-refractivity contribution in [3.63, 3.8) is 0 Å². The molecule has 0 aliphatic carbocycles. The summed E-state index contributed by atoms with van der Waals surface area (Å²) in [6, 6.07) is 0. The average molecular weight is 355 g/mol. The van der Waals surface area contributed by atoms with Crippen molar-refractivity contribution in [2.24, 2.45) is 0 Å². The van der Waals surface area contributed by atoms with Gasteiger partial charge in [0.05, 0.1) is 0 Å². The second kappa shape index (κ2) is 5.58. The van der Waals surface area contributed by atoms with E-state index in [1.54, 1.807) is 10.9 Å². The van der Waals surface area contributed by atoms with Crippen LogP contribution in [-0.4, -0.2) is 76.1 Å². The van der Waals surface area contributed by atoms with E-state index in [9.17, 15) is 10.00 Å². The van der Waals surface area contributed by atoms with Gasteiger partial charge < -0.3 is 0 Å². The van der Waals surface area contributed by atoms with Gasteiger partial charge in [-0.25, -0.2) is 0 Å². The molecule has 2 fully saturated rings. The molecule has 10 nitrogen and oxygen atoms in total. The first-order chi connectivity index (χ1) is 11.4. The SMILES string of the molecule is B[PH]1(O)OC[C@H]2O[C@@H](n3cnc4c(N(C)C)ncnc43)C(O)[C@H]2O1. The van der Waals surface area contributed by atoms with Gasteiger partial charge in [-0.05, 0) is 0 Å². The van der Waals surface area contributed by atoms with Crippen molar-refractivity contribution in [2.45, 2.75) is 24.5 Å². The molecule has 2 aromatic heterocycles. The van der Waals surface area contributed by atoms with Gasteiger partial charge in [-0.1, -0.05) is 0 Å². The van der Waals surface area contributed by atoms with Crippen LogP contribution in [0.4, 0.5) is 5.82 Å². The first-order valence-corrected chi connectivity index (χ1v) is 9.86. The molecule has 0 spiro atoms. The van der Waals surface area contributed by atoms with E-state index in [2.05, 4.69) is 15.0 Å². The van der Waals surface area contributed by atoms with Gasteiger partial charge in [0.15, 0.2) is 0 Å².